The van der Waals surface area contributed by atoms with E-state index in [4.69, 9.17) is 9.57 Å². The van der Waals surface area contributed by atoms with Crippen molar-refractivity contribution in [2.24, 2.45) is 0 Å². The van der Waals surface area contributed by atoms with Crippen molar-refractivity contribution in [2.45, 2.75) is 18.4 Å². The number of likely N-dealkylation sites (N-methyl/N-ethyl adjacent to an activating group) is 1. The molecule has 0 aliphatic rings. The average molecular weight is 420 g/mol. The molecule has 0 fully saturated rings. The summed E-state index contributed by atoms with van der Waals surface area (Å²) in [5, 5.41) is 0. The lowest BCUT2D eigenvalue weighted by atomic mass is 10.1. The van der Waals surface area contributed by atoms with Crippen molar-refractivity contribution in [3.8, 4) is 0 Å². The van der Waals surface area contributed by atoms with E-state index >= 15 is 0 Å². The number of carbonyl (C=O) groups is 2. The fraction of sp³-hybridized carbons (Fsp3) is 0.300. The van der Waals surface area contributed by atoms with Gasteiger partial charge in [-0.1, -0.05) is 28.7 Å². The second-order valence-electron chi connectivity index (χ2n) is 6.37. The molecule has 2 aromatic rings. The lowest BCUT2D eigenvalue weighted by Crippen LogP contribution is -2.31. The highest BCUT2D eigenvalue weighted by atomic mass is 32.2. The van der Waals surface area contributed by atoms with Crippen LogP contribution < -0.4 is 0 Å². The maximum absolute atomic E-state index is 12.2. The van der Waals surface area contributed by atoms with Gasteiger partial charge in [-0.15, -0.1) is 0 Å². The number of carbonyl (C=O) groups excluding carboxylic acids is 2. The molecule has 0 spiro atoms. The fourth-order valence-electron chi connectivity index (χ4n) is 2.46. The van der Waals surface area contributed by atoms with Crippen molar-refractivity contribution in [3.63, 3.8) is 0 Å². The first-order valence-electron chi connectivity index (χ1n) is 8.75. The van der Waals surface area contributed by atoms with Crippen LogP contribution in [-0.4, -0.2) is 57.5 Å². The van der Waals surface area contributed by atoms with Crippen LogP contribution in [0, 0.1) is 6.92 Å². The number of amides is 1. The first-order chi connectivity index (χ1) is 13.7. The number of ether oxygens (including phenoxy) is 1. The molecule has 0 saturated heterocycles. The summed E-state index contributed by atoms with van der Waals surface area (Å²) < 4.78 is 30.1. The molecule has 9 heteroatoms. The molecule has 0 aliphatic heterocycles. The normalized spacial score (nSPS) is 11.3. The zero-order valence-electron chi connectivity index (χ0n) is 16.8. The van der Waals surface area contributed by atoms with Gasteiger partial charge in [0, 0.05) is 20.6 Å². The van der Waals surface area contributed by atoms with Gasteiger partial charge >= 0.3 is 5.97 Å². The predicted molar refractivity (Wildman–Crippen MR) is 106 cm³/mol. The monoisotopic (exact) mass is 420 g/mol. The Morgan fingerprint density at radius 2 is 1.62 bits per heavy atom. The summed E-state index contributed by atoms with van der Waals surface area (Å²) in [7, 11) is 0.323. The van der Waals surface area contributed by atoms with Crippen LogP contribution in [0.3, 0.4) is 0 Å². The van der Waals surface area contributed by atoms with Gasteiger partial charge in [0.15, 0.2) is 6.61 Å². The first kappa shape index (κ1) is 22.5. The topological polar surface area (TPSA) is 93.2 Å². The quantitative estimate of drug-likeness (QED) is 0.479. The second kappa shape index (κ2) is 9.64. The molecule has 0 bridgehead atoms. The van der Waals surface area contributed by atoms with E-state index in [0.717, 1.165) is 11.1 Å². The Bertz CT molecular complexity index is 973. The molecule has 1 amide bonds. The molecule has 0 radical (unpaired) electrons. The molecule has 0 unspecified atom stereocenters. The summed E-state index contributed by atoms with van der Waals surface area (Å²) in [5.74, 6) is -1.06. The van der Waals surface area contributed by atoms with Crippen molar-refractivity contribution in [1.82, 2.24) is 9.37 Å². The van der Waals surface area contributed by atoms with Crippen LogP contribution in [-0.2, 0) is 30.9 Å². The number of rotatable bonds is 8. The number of nitrogens with zero attached hydrogens (tertiary/aromatic N) is 2. The summed E-state index contributed by atoms with van der Waals surface area (Å²) in [6.45, 7) is 1.96. The lowest BCUT2D eigenvalue weighted by molar-refractivity contribution is -0.133. The molecule has 0 saturated carbocycles. The smallest absolute Gasteiger partial charge is 0.338 e. The van der Waals surface area contributed by atoms with E-state index < -0.39 is 22.6 Å². The largest absolute Gasteiger partial charge is 0.452 e. The van der Waals surface area contributed by atoms with Gasteiger partial charge in [0.25, 0.3) is 15.9 Å². The van der Waals surface area contributed by atoms with Crippen LogP contribution in [0.4, 0.5) is 0 Å². The number of hydroxylamine groups is 1. The average Bonchev–Trinajstić information content (AvgIpc) is 2.72. The van der Waals surface area contributed by atoms with Gasteiger partial charge in [0.2, 0.25) is 0 Å². The summed E-state index contributed by atoms with van der Waals surface area (Å²) in [4.78, 5) is 30.5. The molecule has 0 aromatic heterocycles. The Hall–Kier alpha value is -2.75. The number of esters is 1. The minimum Gasteiger partial charge on any atom is -0.452 e. The molecule has 29 heavy (non-hydrogen) atoms. The molecule has 156 valence electrons. The fourth-order valence-corrected chi connectivity index (χ4v) is 3.43. The number of sulfonamides is 1. The molecule has 0 heterocycles. The molecule has 0 N–H and O–H groups in total. The Balaban J connectivity index is 1.95. The summed E-state index contributed by atoms with van der Waals surface area (Å²) >= 11 is 0. The molecular formula is C20H24N2O6S. The maximum atomic E-state index is 12.2. The molecule has 2 rings (SSSR count). The van der Waals surface area contributed by atoms with Gasteiger partial charge in [-0.05, 0) is 42.3 Å². The van der Waals surface area contributed by atoms with Gasteiger partial charge in [-0.25, -0.2) is 13.2 Å². The van der Waals surface area contributed by atoms with Gasteiger partial charge in [0.05, 0.1) is 17.6 Å². The van der Waals surface area contributed by atoms with E-state index in [1.807, 2.05) is 31.2 Å². The Morgan fingerprint density at radius 1 is 1.00 bits per heavy atom. The third-order valence-electron chi connectivity index (χ3n) is 4.40. The lowest BCUT2D eigenvalue weighted by Gasteiger charge is -2.18. The van der Waals surface area contributed by atoms with E-state index in [2.05, 4.69) is 0 Å². The summed E-state index contributed by atoms with van der Waals surface area (Å²) in [5.41, 5.74) is 2.21. The van der Waals surface area contributed by atoms with E-state index in [1.54, 1.807) is 7.05 Å². The number of hydrogen-bond donors (Lipinski definition) is 0. The first-order valence-corrected chi connectivity index (χ1v) is 10.2. The van der Waals surface area contributed by atoms with Crippen LogP contribution >= 0.6 is 0 Å². The van der Waals surface area contributed by atoms with Gasteiger partial charge in [-0.3, -0.25) is 9.63 Å². The maximum Gasteiger partial charge on any atom is 0.338 e. The SMILES string of the molecule is CON(C)S(=O)(=O)c1ccc(C(=O)OCC(=O)N(C)Cc2ccccc2C)cc1. The van der Waals surface area contributed by atoms with Crippen molar-refractivity contribution < 1.29 is 27.6 Å². The zero-order valence-corrected chi connectivity index (χ0v) is 17.6. The van der Waals surface area contributed by atoms with Gasteiger partial charge in [0.1, 0.15) is 0 Å². The van der Waals surface area contributed by atoms with Crippen molar-refractivity contribution in [3.05, 3.63) is 65.2 Å². The van der Waals surface area contributed by atoms with Crippen LogP contribution in [0.25, 0.3) is 0 Å². The molecular weight excluding hydrogens is 396 g/mol. The highest BCUT2D eigenvalue weighted by molar-refractivity contribution is 7.89. The van der Waals surface area contributed by atoms with Gasteiger partial charge < -0.3 is 9.64 Å². The molecule has 2 aromatic carbocycles. The summed E-state index contributed by atoms with van der Waals surface area (Å²) in [6.07, 6.45) is 0. The van der Waals surface area contributed by atoms with E-state index in [9.17, 15) is 18.0 Å². The third-order valence-corrected chi connectivity index (χ3v) is 6.10. The van der Waals surface area contributed by atoms with Crippen LogP contribution in [0.15, 0.2) is 53.4 Å². The summed E-state index contributed by atoms with van der Waals surface area (Å²) in [6, 6.07) is 12.9. The van der Waals surface area contributed by atoms with Crippen molar-refractivity contribution in [2.75, 3.05) is 27.8 Å². The number of hydrogen-bond acceptors (Lipinski definition) is 6. The van der Waals surface area contributed by atoms with Crippen molar-refractivity contribution in [1.29, 1.82) is 0 Å². The minimum atomic E-state index is -3.80. The van der Waals surface area contributed by atoms with Crippen LogP contribution in [0.5, 0.6) is 0 Å². The second-order valence-corrected chi connectivity index (χ2v) is 8.31. The molecule has 0 aliphatic carbocycles. The Labute approximate surface area is 170 Å². The van der Waals surface area contributed by atoms with Crippen LogP contribution in [0.1, 0.15) is 21.5 Å². The van der Waals surface area contributed by atoms with Gasteiger partial charge in [-0.2, -0.15) is 0 Å². The Morgan fingerprint density at radius 3 is 2.21 bits per heavy atom. The van der Waals surface area contributed by atoms with Crippen molar-refractivity contribution >= 4 is 21.9 Å². The molecule has 8 nitrogen and oxygen atoms in total. The Kier molecular flexibility index (Phi) is 7.49. The highest BCUT2D eigenvalue weighted by Crippen LogP contribution is 2.16. The van der Waals surface area contributed by atoms with E-state index in [-0.39, 0.29) is 16.4 Å². The third kappa shape index (κ3) is 5.63. The van der Waals surface area contributed by atoms with Crippen LogP contribution in [0.2, 0.25) is 0 Å². The number of aryl methyl sites for hydroxylation is 1. The van der Waals surface area contributed by atoms with E-state index in [1.165, 1.54) is 43.3 Å². The molecule has 0 atom stereocenters. The van der Waals surface area contributed by atoms with E-state index in [0.29, 0.717) is 11.0 Å². The standard InChI is InChI=1S/C20H24N2O6S/c1-15-7-5-6-8-17(15)13-21(2)19(23)14-28-20(24)16-9-11-18(12-10-16)29(25,26)22(3)27-4/h5-12H,13-14H2,1-4H3. The minimum absolute atomic E-state index is 0.0348. The highest BCUT2D eigenvalue weighted by Gasteiger charge is 2.21. The predicted octanol–water partition coefficient (Wildman–Crippen LogP) is 1.99. The zero-order chi connectivity index (χ0) is 21.6. The number of benzene rings is 2.